The SMILES string of the molecule is C=C/C=C1\C(=C/C)N(c2ccccc2)C(/C=C\C)=C(/C=C\C)N1c1ccccc1. The van der Waals surface area contributed by atoms with Crippen molar-refractivity contribution in [1.29, 1.82) is 0 Å². The zero-order valence-electron chi connectivity index (χ0n) is 17.4. The van der Waals surface area contributed by atoms with Crippen LogP contribution in [0.2, 0.25) is 0 Å². The minimum Gasteiger partial charge on any atom is -0.307 e. The third-order valence-corrected chi connectivity index (χ3v) is 4.72. The van der Waals surface area contributed by atoms with E-state index in [2.05, 4.69) is 122 Å². The molecule has 3 rings (SSSR count). The maximum absolute atomic E-state index is 3.98. The summed E-state index contributed by atoms with van der Waals surface area (Å²) in [4.78, 5) is 4.61. The average molecular weight is 381 g/mol. The molecule has 1 aliphatic rings. The van der Waals surface area contributed by atoms with E-state index in [4.69, 9.17) is 0 Å². The highest BCUT2D eigenvalue weighted by Gasteiger charge is 2.32. The molecule has 0 amide bonds. The van der Waals surface area contributed by atoms with Gasteiger partial charge in [0.05, 0.1) is 22.8 Å². The highest BCUT2D eigenvalue weighted by atomic mass is 15.3. The van der Waals surface area contributed by atoms with Gasteiger partial charge in [0.1, 0.15) is 0 Å². The summed E-state index contributed by atoms with van der Waals surface area (Å²) in [5.41, 5.74) is 6.66. The Morgan fingerprint density at radius 1 is 0.655 bits per heavy atom. The summed E-state index contributed by atoms with van der Waals surface area (Å²) in [5.74, 6) is 0. The van der Waals surface area contributed by atoms with Crippen molar-refractivity contribution < 1.29 is 0 Å². The quantitative estimate of drug-likeness (QED) is 0.535. The van der Waals surface area contributed by atoms with Crippen molar-refractivity contribution in [3.8, 4) is 0 Å². The Hall–Kier alpha value is -3.52. The van der Waals surface area contributed by atoms with E-state index in [0.717, 1.165) is 34.2 Å². The first-order valence-electron chi connectivity index (χ1n) is 9.96. The van der Waals surface area contributed by atoms with Gasteiger partial charge in [-0.3, -0.25) is 0 Å². The average Bonchev–Trinajstić information content (AvgIpc) is 2.76. The van der Waals surface area contributed by atoms with Crippen LogP contribution in [0.4, 0.5) is 11.4 Å². The zero-order valence-corrected chi connectivity index (χ0v) is 17.4. The van der Waals surface area contributed by atoms with Crippen molar-refractivity contribution in [2.75, 3.05) is 9.80 Å². The number of benzene rings is 2. The molecule has 0 bridgehead atoms. The molecule has 0 radical (unpaired) electrons. The van der Waals surface area contributed by atoms with E-state index in [9.17, 15) is 0 Å². The van der Waals surface area contributed by atoms with Gasteiger partial charge in [-0.2, -0.15) is 0 Å². The van der Waals surface area contributed by atoms with Crippen LogP contribution in [-0.4, -0.2) is 0 Å². The molecular formula is C27H28N2. The minimum atomic E-state index is 1.08. The van der Waals surface area contributed by atoms with E-state index in [1.165, 1.54) is 0 Å². The normalized spacial score (nSPS) is 17.9. The molecule has 2 nitrogen and oxygen atoms in total. The molecule has 2 aromatic rings. The Morgan fingerprint density at radius 3 is 1.48 bits per heavy atom. The predicted molar refractivity (Wildman–Crippen MR) is 127 cm³/mol. The van der Waals surface area contributed by atoms with Crippen LogP contribution in [-0.2, 0) is 0 Å². The molecule has 0 saturated heterocycles. The molecule has 2 heteroatoms. The van der Waals surface area contributed by atoms with Crippen LogP contribution in [0.5, 0.6) is 0 Å². The van der Waals surface area contributed by atoms with Crippen molar-refractivity contribution in [3.05, 3.63) is 133 Å². The largest absolute Gasteiger partial charge is 0.307 e. The standard InChI is InChI=1S/C27H28N2/c1-5-15-25-24(8-4)28(22-18-11-9-12-19-22)26(16-6-2)27(17-7-3)29(25)23-20-13-10-14-21-23/h5-21H,1H2,2-4H3/b16-6-,17-7-,24-8+,25-15+. The van der Waals surface area contributed by atoms with E-state index >= 15 is 0 Å². The summed E-state index contributed by atoms with van der Waals surface area (Å²) < 4.78 is 0. The van der Waals surface area contributed by atoms with Gasteiger partial charge in [0, 0.05) is 11.4 Å². The third-order valence-electron chi connectivity index (χ3n) is 4.72. The zero-order chi connectivity index (χ0) is 20.6. The fraction of sp³-hybridized carbons (Fsp3) is 0.111. The van der Waals surface area contributed by atoms with Crippen LogP contribution in [0.1, 0.15) is 20.8 Å². The summed E-state index contributed by atoms with van der Waals surface area (Å²) in [7, 11) is 0. The number of hydrogen-bond acceptors (Lipinski definition) is 2. The molecule has 0 saturated carbocycles. The van der Waals surface area contributed by atoms with Crippen LogP contribution in [0.25, 0.3) is 0 Å². The van der Waals surface area contributed by atoms with Gasteiger partial charge in [0.15, 0.2) is 0 Å². The van der Waals surface area contributed by atoms with Gasteiger partial charge in [-0.25, -0.2) is 0 Å². The lowest BCUT2D eigenvalue weighted by Gasteiger charge is -2.42. The van der Waals surface area contributed by atoms with Crippen molar-refractivity contribution in [3.63, 3.8) is 0 Å². The smallest absolute Gasteiger partial charge is 0.0699 e. The Morgan fingerprint density at radius 2 is 1.10 bits per heavy atom. The van der Waals surface area contributed by atoms with E-state index in [1.54, 1.807) is 0 Å². The second-order valence-corrected chi connectivity index (χ2v) is 6.57. The molecular weight excluding hydrogens is 352 g/mol. The first-order chi connectivity index (χ1) is 14.3. The van der Waals surface area contributed by atoms with Gasteiger partial charge in [-0.15, -0.1) is 0 Å². The molecule has 0 N–H and O–H groups in total. The van der Waals surface area contributed by atoms with Gasteiger partial charge >= 0.3 is 0 Å². The van der Waals surface area contributed by atoms with Gasteiger partial charge in [-0.1, -0.05) is 67.3 Å². The lowest BCUT2D eigenvalue weighted by molar-refractivity contribution is 0.951. The molecule has 1 aliphatic heterocycles. The Labute approximate surface area is 174 Å². The first kappa shape index (κ1) is 20.2. The fourth-order valence-electron chi connectivity index (χ4n) is 3.61. The first-order valence-corrected chi connectivity index (χ1v) is 9.96. The van der Waals surface area contributed by atoms with E-state index < -0.39 is 0 Å². The summed E-state index contributed by atoms with van der Waals surface area (Å²) in [5, 5.41) is 0. The number of anilines is 2. The van der Waals surface area contributed by atoms with Gasteiger partial charge in [0.2, 0.25) is 0 Å². The topological polar surface area (TPSA) is 6.48 Å². The van der Waals surface area contributed by atoms with E-state index in [1.807, 2.05) is 18.2 Å². The lowest BCUT2D eigenvalue weighted by atomic mass is 10.0. The summed E-state index contributed by atoms with van der Waals surface area (Å²) in [6.45, 7) is 10.2. The molecule has 0 aliphatic carbocycles. The summed E-state index contributed by atoms with van der Waals surface area (Å²) >= 11 is 0. The Bertz CT molecular complexity index is 989. The molecule has 0 atom stereocenters. The second kappa shape index (κ2) is 9.61. The lowest BCUT2D eigenvalue weighted by Crippen LogP contribution is -2.38. The molecule has 0 unspecified atom stereocenters. The van der Waals surface area contributed by atoms with Gasteiger partial charge < -0.3 is 9.80 Å². The molecule has 1 heterocycles. The predicted octanol–water partition coefficient (Wildman–Crippen LogP) is 7.35. The number of hydrogen-bond donors (Lipinski definition) is 0. The van der Waals surface area contributed by atoms with E-state index in [0.29, 0.717) is 0 Å². The third kappa shape index (κ3) is 4.02. The number of allylic oxidation sites excluding steroid dienone is 7. The number of rotatable bonds is 5. The van der Waals surface area contributed by atoms with Crippen molar-refractivity contribution in [2.45, 2.75) is 20.8 Å². The van der Waals surface area contributed by atoms with Crippen LogP contribution in [0.3, 0.4) is 0 Å². The van der Waals surface area contributed by atoms with Crippen LogP contribution in [0.15, 0.2) is 133 Å². The molecule has 0 spiro atoms. The molecule has 2 aromatic carbocycles. The van der Waals surface area contributed by atoms with Crippen molar-refractivity contribution >= 4 is 11.4 Å². The second-order valence-electron chi connectivity index (χ2n) is 6.57. The number of nitrogens with zero attached hydrogens (tertiary/aromatic N) is 2. The van der Waals surface area contributed by atoms with Gasteiger partial charge in [0.25, 0.3) is 0 Å². The summed E-state index contributed by atoms with van der Waals surface area (Å²) in [6.07, 6.45) is 14.6. The van der Waals surface area contributed by atoms with E-state index in [-0.39, 0.29) is 0 Å². The highest BCUT2D eigenvalue weighted by Crippen LogP contribution is 2.41. The highest BCUT2D eigenvalue weighted by molar-refractivity contribution is 5.78. The van der Waals surface area contributed by atoms with Crippen LogP contribution < -0.4 is 9.80 Å². The maximum Gasteiger partial charge on any atom is 0.0699 e. The Balaban J connectivity index is 2.41. The van der Waals surface area contributed by atoms with Crippen molar-refractivity contribution in [2.24, 2.45) is 0 Å². The minimum absolute atomic E-state index is 1.08. The molecule has 29 heavy (non-hydrogen) atoms. The molecule has 146 valence electrons. The van der Waals surface area contributed by atoms with Crippen LogP contribution >= 0.6 is 0 Å². The van der Waals surface area contributed by atoms with Gasteiger partial charge in [-0.05, 0) is 63.3 Å². The van der Waals surface area contributed by atoms with Crippen molar-refractivity contribution in [1.82, 2.24) is 0 Å². The molecule has 0 aromatic heterocycles. The number of para-hydroxylation sites is 2. The maximum atomic E-state index is 3.98. The fourth-order valence-corrected chi connectivity index (χ4v) is 3.61. The monoisotopic (exact) mass is 380 g/mol. The summed E-state index contributed by atoms with van der Waals surface area (Å²) in [6, 6.07) is 20.9. The Kier molecular flexibility index (Phi) is 6.70. The van der Waals surface area contributed by atoms with Crippen LogP contribution in [0, 0.1) is 0 Å². The molecule has 0 fully saturated rings.